The summed E-state index contributed by atoms with van der Waals surface area (Å²) in [6.45, 7) is 1.73. The lowest BCUT2D eigenvalue weighted by Crippen LogP contribution is -2.52. The van der Waals surface area contributed by atoms with Gasteiger partial charge < -0.3 is 16.0 Å². The van der Waals surface area contributed by atoms with Gasteiger partial charge in [-0.05, 0) is 42.9 Å². The third kappa shape index (κ3) is 3.56. The molecular formula is C21H28N4O3. The molecule has 1 saturated carbocycles. The number of amides is 3. The van der Waals surface area contributed by atoms with Crippen molar-refractivity contribution in [1.29, 1.82) is 0 Å². The van der Waals surface area contributed by atoms with Crippen molar-refractivity contribution in [2.45, 2.75) is 63.7 Å². The summed E-state index contributed by atoms with van der Waals surface area (Å²) < 4.78 is 0. The van der Waals surface area contributed by atoms with Crippen LogP contribution < -0.4 is 16.4 Å². The summed E-state index contributed by atoms with van der Waals surface area (Å²) in [6.07, 6.45) is 5.38. The average molecular weight is 384 g/mol. The molecule has 28 heavy (non-hydrogen) atoms. The molecule has 1 unspecified atom stereocenters. The van der Waals surface area contributed by atoms with Crippen molar-refractivity contribution in [3.8, 4) is 0 Å². The van der Waals surface area contributed by atoms with Crippen LogP contribution in [0.5, 0.6) is 0 Å². The number of nitrogens with two attached hydrogens (primary N) is 1. The Kier molecular flexibility index (Phi) is 5.46. The zero-order chi connectivity index (χ0) is 19.7. The standard InChI is InChI=1S/C21H28N4O3/c22-10-13-4-1-2-7-16(13)23-11-14-5-3-6-15-12-25(21(28)19(14)15)17-8-9-18(26)24-20(17)27/h3,5-6,13,16-17,23H,1-2,4,7-12,22H2,(H,24,26,27)/t13-,16-,17?/m0/s1. The van der Waals surface area contributed by atoms with Gasteiger partial charge in [0.1, 0.15) is 6.04 Å². The zero-order valence-electron chi connectivity index (χ0n) is 16.1. The van der Waals surface area contributed by atoms with Gasteiger partial charge in [0, 0.05) is 31.1 Å². The molecule has 7 heteroatoms. The van der Waals surface area contributed by atoms with E-state index in [9.17, 15) is 14.4 Å². The number of piperidine rings is 1. The lowest BCUT2D eigenvalue weighted by atomic mass is 9.84. The Labute approximate surface area is 165 Å². The van der Waals surface area contributed by atoms with E-state index in [0.29, 0.717) is 43.6 Å². The van der Waals surface area contributed by atoms with E-state index in [1.165, 1.54) is 12.8 Å². The summed E-state index contributed by atoms with van der Waals surface area (Å²) in [5.41, 5.74) is 8.57. The number of rotatable bonds is 5. The Morgan fingerprint density at radius 3 is 2.75 bits per heavy atom. The number of fused-ring (bicyclic) bond motifs is 1. The highest BCUT2D eigenvalue weighted by Gasteiger charge is 2.40. The number of nitrogens with one attached hydrogen (secondary N) is 2. The highest BCUT2D eigenvalue weighted by Crippen LogP contribution is 2.30. The van der Waals surface area contributed by atoms with Crippen molar-refractivity contribution < 1.29 is 14.4 Å². The second-order valence-corrected chi connectivity index (χ2v) is 8.12. The molecule has 3 atom stereocenters. The smallest absolute Gasteiger partial charge is 0.255 e. The van der Waals surface area contributed by atoms with E-state index >= 15 is 0 Å². The first-order valence-electron chi connectivity index (χ1n) is 10.3. The van der Waals surface area contributed by atoms with E-state index in [4.69, 9.17) is 5.73 Å². The quantitative estimate of drug-likeness (QED) is 0.659. The number of carbonyl (C=O) groups is 3. The van der Waals surface area contributed by atoms with Crippen LogP contribution in [0.15, 0.2) is 18.2 Å². The molecule has 0 aromatic heterocycles. The van der Waals surface area contributed by atoms with Gasteiger partial charge in [0.2, 0.25) is 11.8 Å². The van der Waals surface area contributed by atoms with Gasteiger partial charge in [-0.3, -0.25) is 19.7 Å². The largest absolute Gasteiger partial charge is 0.330 e. The summed E-state index contributed by atoms with van der Waals surface area (Å²) >= 11 is 0. The predicted octanol–water partition coefficient (Wildman–Crippen LogP) is 1.05. The zero-order valence-corrected chi connectivity index (χ0v) is 16.1. The van der Waals surface area contributed by atoms with Gasteiger partial charge in [-0.15, -0.1) is 0 Å². The fourth-order valence-corrected chi connectivity index (χ4v) is 4.84. The number of carbonyl (C=O) groups excluding carboxylic acids is 3. The topological polar surface area (TPSA) is 105 Å². The molecule has 2 fully saturated rings. The van der Waals surface area contributed by atoms with Crippen LogP contribution in [0.1, 0.15) is 60.0 Å². The van der Waals surface area contributed by atoms with Gasteiger partial charge in [0.25, 0.3) is 5.91 Å². The fourth-order valence-electron chi connectivity index (χ4n) is 4.84. The van der Waals surface area contributed by atoms with Gasteiger partial charge in [-0.2, -0.15) is 0 Å². The molecular weight excluding hydrogens is 356 g/mol. The first-order chi connectivity index (χ1) is 13.6. The maximum Gasteiger partial charge on any atom is 0.255 e. The number of benzene rings is 1. The van der Waals surface area contributed by atoms with Crippen LogP contribution in [0.3, 0.4) is 0 Å². The van der Waals surface area contributed by atoms with Crippen LogP contribution in [0.4, 0.5) is 0 Å². The number of hydrogen-bond donors (Lipinski definition) is 3. The van der Waals surface area contributed by atoms with Crippen molar-refractivity contribution >= 4 is 17.7 Å². The Morgan fingerprint density at radius 2 is 1.96 bits per heavy atom. The molecule has 4 N–H and O–H groups in total. The lowest BCUT2D eigenvalue weighted by molar-refractivity contribution is -0.136. The Bertz CT molecular complexity index is 794. The summed E-state index contributed by atoms with van der Waals surface area (Å²) in [4.78, 5) is 38.4. The molecule has 3 amide bonds. The normalized spacial score (nSPS) is 27.7. The molecule has 0 spiro atoms. The second-order valence-electron chi connectivity index (χ2n) is 8.12. The van der Waals surface area contributed by atoms with Crippen molar-refractivity contribution in [3.05, 3.63) is 34.9 Å². The van der Waals surface area contributed by atoms with Gasteiger partial charge >= 0.3 is 0 Å². The highest BCUT2D eigenvalue weighted by atomic mass is 16.2. The van der Waals surface area contributed by atoms with Gasteiger partial charge in [-0.25, -0.2) is 0 Å². The van der Waals surface area contributed by atoms with Crippen molar-refractivity contribution in [1.82, 2.24) is 15.5 Å². The third-order valence-electron chi connectivity index (χ3n) is 6.41. The minimum absolute atomic E-state index is 0.110. The summed E-state index contributed by atoms with van der Waals surface area (Å²) in [5, 5.41) is 5.98. The number of imide groups is 1. The van der Waals surface area contributed by atoms with Crippen LogP contribution >= 0.6 is 0 Å². The lowest BCUT2D eigenvalue weighted by Gasteiger charge is -2.31. The van der Waals surface area contributed by atoms with Gasteiger partial charge in [-0.1, -0.05) is 31.0 Å². The van der Waals surface area contributed by atoms with Crippen LogP contribution in [0.2, 0.25) is 0 Å². The van der Waals surface area contributed by atoms with E-state index < -0.39 is 6.04 Å². The monoisotopic (exact) mass is 384 g/mol. The van der Waals surface area contributed by atoms with Crippen LogP contribution in [0.25, 0.3) is 0 Å². The summed E-state index contributed by atoms with van der Waals surface area (Å²) in [7, 11) is 0. The second kappa shape index (κ2) is 8.01. The first kappa shape index (κ1) is 19.1. The maximum absolute atomic E-state index is 13.1. The van der Waals surface area contributed by atoms with E-state index in [1.54, 1.807) is 4.90 Å². The van der Waals surface area contributed by atoms with Crippen LogP contribution in [-0.2, 0) is 22.7 Å². The van der Waals surface area contributed by atoms with E-state index in [-0.39, 0.29) is 24.1 Å². The summed E-state index contributed by atoms with van der Waals surface area (Å²) in [6, 6.07) is 5.72. The minimum atomic E-state index is -0.571. The molecule has 4 rings (SSSR count). The fraction of sp³-hybridized carbons (Fsp3) is 0.571. The Morgan fingerprint density at radius 1 is 1.14 bits per heavy atom. The molecule has 1 aromatic rings. The first-order valence-corrected chi connectivity index (χ1v) is 10.3. The van der Waals surface area contributed by atoms with Gasteiger partial charge in [0.15, 0.2) is 0 Å². The highest BCUT2D eigenvalue weighted by molar-refractivity contribution is 6.05. The van der Waals surface area contributed by atoms with Crippen molar-refractivity contribution in [2.24, 2.45) is 11.7 Å². The third-order valence-corrected chi connectivity index (χ3v) is 6.41. The molecule has 150 valence electrons. The van der Waals surface area contributed by atoms with Crippen LogP contribution in [0, 0.1) is 5.92 Å². The maximum atomic E-state index is 13.1. The predicted molar refractivity (Wildman–Crippen MR) is 104 cm³/mol. The SMILES string of the molecule is NC[C@@H]1CCCC[C@@H]1NCc1cccc2c1C(=O)N(C1CCC(=O)NC1=O)C2. The van der Waals surface area contributed by atoms with Gasteiger partial charge in [0.05, 0.1) is 0 Å². The number of nitrogens with zero attached hydrogens (tertiary/aromatic N) is 1. The van der Waals surface area contributed by atoms with E-state index in [0.717, 1.165) is 24.0 Å². The van der Waals surface area contributed by atoms with E-state index in [1.807, 2.05) is 18.2 Å². The number of hydrogen-bond acceptors (Lipinski definition) is 5. The molecule has 3 aliphatic rings. The minimum Gasteiger partial charge on any atom is -0.330 e. The average Bonchev–Trinajstić information content (AvgIpc) is 3.03. The molecule has 0 bridgehead atoms. The van der Waals surface area contributed by atoms with Crippen molar-refractivity contribution in [3.63, 3.8) is 0 Å². The molecule has 1 saturated heterocycles. The van der Waals surface area contributed by atoms with E-state index in [2.05, 4.69) is 10.6 Å². The molecule has 1 aromatic carbocycles. The summed E-state index contributed by atoms with van der Waals surface area (Å²) in [5.74, 6) is -0.260. The molecule has 2 heterocycles. The molecule has 0 radical (unpaired) electrons. The molecule has 1 aliphatic carbocycles. The van der Waals surface area contributed by atoms with Crippen molar-refractivity contribution in [2.75, 3.05) is 6.54 Å². The Hall–Kier alpha value is -2.25. The molecule has 7 nitrogen and oxygen atoms in total. The van der Waals surface area contributed by atoms with Crippen LogP contribution in [-0.4, -0.2) is 41.2 Å². The Balaban J connectivity index is 1.49. The molecule has 2 aliphatic heterocycles.